The first-order valence-electron chi connectivity index (χ1n) is 6.22. The van der Waals surface area contributed by atoms with E-state index in [-0.39, 0.29) is 6.04 Å². The Balaban J connectivity index is 2.29. The minimum atomic E-state index is -1.23. The summed E-state index contributed by atoms with van der Waals surface area (Å²) in [5.74, 6) is 0. The lowest BCUT2D eigenvalue weighted by Gasteiger charge is -2.31. The molecule has 3 heteroatoms. The summed E-state index contributed by atoms with van der Waals surface area (Å²) in [7, 11) is 0. The highest BCUT2D eigenvalue weighted by Crippen LogP contribution is 2.38. The van der Waals surface area contributed by atoms with Crippen molar-refractivity contribution in [1.82, 2.24) is 0 Å². The maximum absolute atomic E-state index is 14.9. The zero-order valence-corrected chi connectivity index (χ0v) is 10.3. The molecule has 1 aromatic rings. The van der Waals surface area contributed by atoms with E-state index in [9.17, 15) is 4.39 Å². The van der Waals surface area contributed by atoms with Crippen molar-refractivity contribution in [3.8, 4) is 0 Å². The average molecular weight is 237 g/mol. The van der Waals surface area contributed by atoms with Crippen molar-refractivity contribution in [1.29, 1.82) is 0 Å². The van der Waals surface area contributed by atoms with Crippen LogP contribution in [-0.2, 0) is 16.8 Å². The Morgan fingerprint density at radius 2 is 2.00 bits per heavy atom. The number of rotatable bonds is 3. The van der Waals surface area contributed by atoms with E-state index < -0.39 is 5.67 Å². The van der Waals surface area contributed by atoms with Gasteiger partial charge in [-0.2, -0.15) is 0 Å². The second-order valence-corrected chi connectivity index (χ2v) is 4.92. The summed E-state index contributed by atoms with van der Waals surface area (Å²) >= 11 is 0. The van der Waals surface area contributed by atoms with Gasteiger partial charge in [-0.3, -0.25) is 0 Å². The molecule has 17 heavy (non-hydrogen) atoms. The molecule has 1 fully saturated rings. The molecule has 0 saturated carbocycles. The van der Waals surface area contributed by atoms with Gasteiger partial charge < -0.3 is 10.5 Å². The maximum atomic E-state index is 14.9. The summed E-state index contributed by atoms with van der Waals surface area (Å²) in [6.07, 6.45) is 1.62. The molecule has 0 aliphatic carbocycles. The standard InChI is InChI=1S/C14H20FNO/c1-11(16)10-12-4-2-3-5-13(12)14(15)6-8-17-9-7-14/h2-5,11H,6-10,16H2,1H3. The fraction of sp³-hybridized carbons (Fsp3) is 0.571. The second kappa shape index (κ2) is 5.15. The SMILES string of the molecule is CC(N)Cc1ccccc1C1(F)CCOCC1. The molecular formula is C14H20FNO. The highest BCUT2D eigenvalue weighted by atomic mass is 19.1. The van der Waals surface area contributed by atoms with E-state index >= 15 is 0 Å². The lowest BCUT2D eigenvalue weighted by Crippen LogP contribution is -2.31. The molecule has 2 N–H and O–H groups in total. The lowest BCUT2D eigenvalue weighted by atomic mass is 9.84. The van der Waals surface area contributed by atoms with E-state index in [2.05, 4.69) is 0 Å². The Hall–Kier alpha value is -0.930. The van der Waals surface area contributed by atoms with E-state index in [0.29, 0.717) is 26.1 Å². The van der Waals surface area contributed by atoms with Crippen LogP contribution in [0.2, 0.25) is 0 Å². The number of hydrogen-bond donors (Lipinski definition) is 1. The zero-order chi connectivity index (χ0) is 12.3. The van der Waals surface area contributed by atoms with Crippen LogP contribution in [-0.4, -0.2) is 19.3 Å². The number of alkyl halides is 1. The van der Waals surface area contributed by atoms with Gasteiger partial charge in [-0.25, -0.2) is 4.39 Å². The second-order valence-electron chi connectivity index (χ2n) is 4.92. The number of nitrogens with two attached hydrogens (primary N) is 1. The quantitative estimate of drug-likeness (QED) is 0.877. The van der Waals surface area contributed by atoms with Crippen molar-refractivity contribution in [3.05, 3.63) is 35.4 Å². The predicted octanol–water partition coefficient (Wildman–Crippen LogP) is 2.55. The van der Waals surface area contributed by atoms with Crippen molar-refractivity contribution in [2.45, 2.75) is 37.9 Å². The van der Waals surface area contributed by atoms with Crippen LogP contribution >= 0.6 is 0 Å². The zero-order valence-electron chi connectivity index (χ0n) is 10.3. The van der Waals surface area contributed by atoms with Crippen LogP contribution in [0.15, 0.2) is 24.3 Å². The van der Waals surface area contributed by atoms with Gasteiger partial charge in [-0.05, 0) is 24.5 Å². The molecule has 1 unspecified atom stereocenters. The average Bonchev–Trinajstić information content (AvgIpc) is 2.30. The number of ether oxygens (including phenoxy) is 1. The minimum absolute atomic E-state index is 0.0552. The molecule has 1 aliphatic heterocycles. The van der Waals surface area contributed by atoms with Gasteiger partial charge >= 0.3 is 0 Å². The van der Waals surface area contributed by atoms with Crippen LogP contribution < -0.4 is 5.73 Å². The van der Waals surface area contributed by atoms with Gasteiger partial charge in [0.15, 0.2) is 0 Å². The fourth-order valence-corrected chi connectivity index (χ4v) is 2.45. The first kappa shape index (κ1) is 12.5. The maximum Gasteiger partial charge on any atom is 0.140 e. The Kier molecular flexibility index (Phi) is 3.79. The van der Waals surface area contributed by atoms with E-state index in [0.717, 1.165) is 17.5 Å². The molecule has 94 valence electrons. The van der Waals surface area contributed by atoms with Gasteiger partial charge in [0, 0.05) is 32.1 Å². The molecule has 0 amide bonds. The third kappa shape index (κ3) is 2.85. The van der Waals surface area contributed by atoms with E-state index in [4.69, 9.17) is 10.5 Å². The normalized spacial score (nSPS) is 21.1. The molecule has 0 radical (unpaired) electrons. The first-order chi connectivity index (χ1) is 8.12. The molecule has 1 aromatic carbocycles. The Morgan fingerprint density at radius 3 is 2.65 bits per heavy atom. The molecule has 1 aliphatic rings. The summed E-state index contributed by atoms with van der Waals surface area (Å²) in [5, 5.41) is 0. The van der Waals surface area contributed by atoms with Crippen LogP contribution in [0.4, 0.5) is 4.39 Å². The van der Waals surface area contributed by atoms with Crippen LogP contribution in [0, 0.1) is 0 Å². The van der Waals surface area contributed by atoms with E-state index in [1.807, 2.05) is 31.2 Å². The fourth-order valence-electron chi connectivity index (χ4n) is 2.45. The molecule has 0 aromatic heterocycles. The van der Waals surface area contributed by atoms with Crippen molar-refractivity contribution in [2.24, 2.45) is 5.73 Å². The van der Waals surface area contributed by atoms with E-state index in [1.165, 1.54) is 0 Å². The third-order valence-corrected chi connectivity index (χ3v) is 3.33. The summed E-state index contributed by atoms with van der Waals surface area (Å²) in [4.78, 5) is 0. The molecule has 1 saturated heterocycles. The highest BCUT2D eigenvalue weighted by molar-refractivity contribution is 5.33. The van der Waals surface area contributed by atoms with Gasteiger partial charge in [0.05, 0.1) is 0 Å². The smallest absolute Gasteiger partial charge is 0.140 e. The number of hydrogen-bond acceptors (Lipinski definition) is 2. The van der Waals surface area contributed by atoms with Crippen LogP contribution in [0.3, 0.4) is 0 Å². The Bertz CT molecular complexity index is 372. The van der Waals surface area contributed by atoms with Gasteiger partial charge in [0.2, 0.25) is 0 Å². The van der Waals surface area contributed by atoms with Crippen molar-refractivity contribution < 1.29 is 9.13 Å². The largest absolute Gasteiger partial charge is 0.381 e. The van der Waals surface area contributed by atoms with Crippen LogP contribution in [0.25, 0.3) is 0 Å². The van der Waals surface area contributed by atoms with Gasteiger partial charge in [-0.1, -0.05) is 24.3 Å². The molecule has 1 atom stereocenters. The van der Waals surface area contributed by atoms with Crippen molar-refractivity contribution in [3.63, 3.8) is 0 Å². The molecule has 1 heterocycles. The van der Waals surface area contributed by atoms with Gasteiger partial charge in [0.25, 0.3) is 0 Å². The van der Waals surface area contributed by atoms with Crippen LogP contribution in [0.1, 0.15) is 30.9 Å². The summed E-state index contributed by atoms with van der Waals surface area (Å²) in [6, 6.07) is 7.78. The lowest BCUT2D eigenvalue weighted by molar-refractivity contribution is -0.0119. The molecule has 2 rings (SSSR count). The first-order valence-corrected chi connectivity index (χ1v) is 6.22. The monoisotopic (exact) mass is 237 g/mol. The van der Waals surface area contributed by atoms with Gasteiger partial charge in [0.1, 0.15) is 5.67 Å². The number of halogens is 1. The summed E-state index contributed by atoms with van der Waals surface area (Å²) in [6.45, 7) is 2.96. The molecule has 0 spiro atoms. The topological polar surface area (TPSA) is 35.2 Å². The summed E-state index contributed by atoms with van der Waals surface area (Å²) < 4.78 is 20.1. The molecular weight excluding hydrogens is 217 g/mol. The van der Waals surface area contributed by atoms with Crippen molar-refractivity contribution in [2.75, 3.05) is 13.2 Å². The number of benzene rings is 1. The predicted molar refractivity (Wildman–Crippen MR) is 66.6 cm³/mol. The third-order valence-electron chi connectivity index (χ3n) is 3.33. The minimum Gasteiger partial charge on any atom is -0.381 e. The Morgan fingerprint density at radius 1 is 1.35 bits per heavy atom. The summed E-state index contributed by atoms with van der Waals surface area (Å²) in [5.41, 5.74) is 6.43. The van der Waals surface area contributed by atoms with Crippen LogP contribution in [0.5, 0.6) is 0 Å². The molecule has 2 nitrogen and oxygen atoms in total. The van der Waals surface area contributed by atoms with Crippen molar-refractivity contribution >= 4 is 0 Å². The Labute approximate surface area is 102 Å². The highest BCUT2D eigenvalue weighted by Gasteiger charge is 2.35. The van der Waals surface area contributed by atoms with E-state index in [1.54, 1.807) is 0 Å². The molecule has 0 bridgehead atoms. The van der Waals surface area contributed by atoms with Gasteiger partial charge in [-0.15, -0.1) is 0 Å².